The van der Waals surface area contributed by atoms with Gasteiger partial charge in [0, 0.05) is 0 Å². The van der Waals surface area contributed by atoms with Gasteiger partial charge in [0.2, 0.25) is 0 Å². The van der Waals surface area contributed by atoms with Gasteiger partial charge < -0.3 is 0 Å². The lowest BCUT2D eigenvalue weighted by Gasteiger charge is -2.19. The molecule has 0 aliphatic carbocycles. The van der Waals surface area contributed by atoms with Gasteiger partial charge >= 0.3 is 0 Å². The standard InChI is InChI=1S/C19H37N/c1-4-7-9-11-13-15-18-20(17-6-3)19-16-14-12-10-8-5-2/h3H,4-5,7-19H2,1-2H3. The maximum atomic E-state index is 5.48. The molecule has 0 N–H and O–H groups in total. The molecule has 0 aromatic heterocycles. The highest BCUT2D eigenvalue weighted by Crippen LogP contribution is 2.08. The zero-order valence-electron chi connectivity index (χ0n) is 14.1. The number of nitrogens with zero attached hydrogens (tertiary/aromatic N) is 1. The summed E-state index contributed by atoms with van der Waals surface area (Å²) in [6, 6.07) is 0. The quantitative estimate of drug-likeness (QED) is 0.277. The summed E-state index contributed by atoms with van der Waals surface area (Å²) in [7, 11) is 0. The lowest BCUT2D eigenvalue weighted by Crippen LogP contribution is -2.26. The van der Waals surface area contributed by atoms with E-state index in [1.165, 1.54) is 90.1 Å². The molecule has 0 atom stereocenters. The van der Waals surface area contributed by atoms with Crippen molar-refractivity contribution in [2.75, 3.05) is 19.6 Å². The summed E-state index contributed by atoms with van der Waals surface area (Å²) in [5, 5.41) is 0. The van der Waals surface area contributed by atoms with Crippen molar-refractivity contribution in [1.29, 1.82) is 0 Å². The Morgan fingerprint density at radius 3 is 1.45 bits per heavy atom. The fourth-order valence-corrected chi connectivity index (χ4v) is 2.63. The Morgan fingerprint density at radius 2 is 1.05 bits per heavy atom. The van der Waals surface area contributed by atoms with Crippen molar-refractivity contribution in [3.8, 4) is 12.3 Å². The largest absolute Gasteiger partial charge is 0.292 e. The van der Waals surface area contributed by atoms with Crippen molar-refractivity contribution < 1.29 is 0 Å². The van der Waals surface area contributed by atoms with Crippen LogP contribution < -0.4 is 0 Å². The van der Waals surface area contributed by atoms with E-state index >= 15 is 0 Å². The Bertz CT molecular complexity index is 200. The molecule has 0 saturated heterocycles. The molecule has 118 valence electrons. The van der Waals surface area contributed by atoms with E-state index in [4.69, 9.17) is 6.42 Å². The molecule has 1 heteroatoms. The van der Waals surface area contributed by atoms with Crippen LogP contribution >= 0.6 is 0 Å². The molecule has 0 spiro atoms. The van der Waals surface area contributed by atoms with E-state index in [1.807, 2.05) is 0 Å². The molecule has 0 unspecified atom stereocenters. The van der Waals surface area contributed by atoms with E-state index in [9.17, 15) is 0 Å². The first-order chi connectivity index (χ1) is 9.85. The van der Waals surface area contributed by atoms with Crippen molar-refractivity contribution in [2.24, 2.45) is 0 Å². The molecule has 0 aliphatic rings. The Morgan fingerprint density at radius 1 is 0.650 bits per heavy atom. The van der Waals surface area contributed by atoms with Crippen molar-refractivity contribution in [3.05, 3.63) is 0 Å². The van der Waals surface area contributed by atoms with Gasteiger partial charge in [0.05, 0.1) is 6.54 Å². The van der Waals surface area contributed by atoms with Crippen molar-refractivity contribution in [1.82, 2.24) is 4.90 Å². The van der Waals surface area contributed by atoms with Crippen LogP contribution in [0.4, 0.5) is 0 Å². The summed E-state index contributed by atoms with van der Waals surface area (Å²) in [6.07, 6.45) is 21.9. The van der Waals surface area contributed by atoms with Crippen LogP contribution in [0.5, 0.6) is 0 Å². The molecule has 0 amide bonds. The Hall–Kier alpha value is -0.480. The van der Waals surface area contributed by atoms with E-state index in [0.717, 1.165) is 6.54 Å². The smallest absolute Gasteiger partial charge is 0.0598 e. The Kier molecular flexibility index (Phi) is 16.2. The SMILES string of the molecule is C#CCN(CCCCCCCC)CCCCCCCC. The maximum absolute atomic E-state index is 5.48. The van der Waals surface area contributed by atoms with Gasteiger partial charge in [0.15, 0.2) is 0 Å². The van der Waals surface area contributed by atoms with Gasteiger partial charge in [-0.05, 0) is 25.9 Å². The highest BCUT2D eigenvalue weighted by atomic mass is 15.1. The lowest BCUT2D eigenvalue weighted by atomic mass is 10.1. The minimum atomic E-state index is 0.837. The third-order valence-corrected chi connectivity index (χ3v) is 3.97. The molecule has 0 heterocycles. The zero-order valence-corrected chi connectivity index (χ0v) is 14.1. The number of terminal acetylenes is 1. The second kappa shape index (κ2) is 16.6. The summed E-state index contributed by atoms with van der Waals surface area (Å²) in [5.74, 6) is 2.82. The van der Waals surface area contributed by atoms with Crippen LogP contribution in [0.3, 0.4) is 0 Å². The van der Waals surface area contributed by atoms with E-state index in [-0.39, 0.29) is 0 Å². The fourth-order valence-electron chi connectivity index (χ4n) is 2.63. The monoisotopic (exact) mass is 279 g/mol. The van der Waals surface area contributed by atoms with E-state index in [0.29, 0.717) is 0 Å². The second-order valence-corrected chi connectivity index (χ2v) is 6.02. The van der Waals surface area contributed by atoms with Crippen LogP contribution in [0.25, 0.3) is 0 Å². The zero-order chi connectivity index (χ0) is 14.9. The van der Waals surface area contributed by atoms with Gasteiger partial charge in [-0.15, -0.1) is 6.42 Å². The van der Waals surface area contributed by atoms with E-state index < -0.39 is 0 Å². The van der Waals surface area contributed by atoms with Crippen LogP contribution in [0.1, 0.15) is 90.9 Å². The topological polar surface area (TPSA) is 3.24 Å². The summed E-state index contributed by atoms with van der Waals surface area (Å²) in [4.78, 5) is 2.47. The second-order valence-electron chi connectivity index (χ2n) is 6.02. The normalized spacial score (nSPS) is 10.9. The van der Waals surface area contributed by atoms with Gasteiger partial charge in [0.25, 0.3) is 0 Å². The fraction of sp³-hybridized carbons (Fsp3) is 0.895. The number of hydrogen-bond acceptors (Lipinski definition) is 1. The summed E-state index contributed by atoms with van der Waals surface area (Å²) < 4.78 is 0. The van der Waals surface area contributed by atoms with Crippen LogP contribution in [-0.2, 0) is 0 Å². The summed E-state index contributed by atoms with van der Waals surface area (Å²) in [6.45, 7) is 7.78. The average Bonchev–Trinajstić information content (AvgIpc) is 2.46. The predicted molar refractivity (Wildman–Crippen MR) is 92.0 cm³/mol. The molecular formula is C19H37N. The molecule has 0 bridgehead atoms. The van der Waals surface area contributed by atoms with Gasteiger partial charge in [-0.2, -0.15) is 0 Å². The molecule has 0 saturated carbocycles. The van der Waals surface area contributed by atoms with Crippen LogP contribution in [0.2, 0.25) is 0 Å². The van der Waals surface area contributed by atoms with Gasteiger partial charge in [-0.3, -0.25) is 4.90 Å². The maximum Gasteiger partial charge on any atom is 0.0598 e. The minimum absolute atomic E-state index is 0.837. The lowest BCUT2D eigenvalue weighted by molar-refractivity contribution is 0.290. The molecule has 0 radical (unpaired) electrons. The molecule has 0 aromatic carbocycles. The van der Waals surface area contributed by atoms with Crippen molar-refractivity contribution in [2.45, 2.75) is 90.9 Å². The van der Waals surface area contributed by atoms with Gasteiger partial charge in [-0.1, -0.05) is 84.0 Å². The predicted octanol–water partition coefficient (Wildman–Crippen LogP) is 5.64. The number of rotatable bonds is 15. The molecule has 1 nitrogen and oxygen atoms in total. The van der Waals surface area contributed by atoms with Gasteiger partial charge in [0.1, 0.15) is 0 Å². The van der Waals surface area contributed by atoms with Gasteiger partial charge in [-0.25, -0.2) is 0 Å². The molecule has 0 rings (SSSR count). The highest BCUT2D eigenvalue weighted by molar-refractivity contribution is 4.88. The molecule has 0 aromatic rings. The van der Waals surface area contributed by atoms with Crippen LogP contribution in [0, 0.1) is 12.3 Å². The highest BCUT2D eigenvalue weighted by Gasteiger charge is 2.02. The van der Waals surface area contributed by atoms with E-state index in [2.05, 4.69) is 24.7 Å². The number of unbranched alkanes of at least 4 members (excludes halogenated alkanes) is 10. The van der Waals surface area contributed by atoms with Crippen molar-refractivity contribution >= 4 is 0 Å². The van der Waals surface area contributed by atoms with Crippen molar-refractivity contribution in [3.63, 3.8) is 0 Å². The third kappa shape index (κ3) is 13.9. The first-order valence-electron chi connectivity index (χ1n) is 9.01. The van der Waals surface area contributed by atoms with Crippen LogP contribution in [0.15, 0.2) is 0 Å². The summed E-state index contributed by atoms with van der Waals surface area (Å²) >= 11 is 0. The minimum Gasteiger partial charge on any atom is -0.292 e. The molecule has 0 fully saturated rings. The molecular weight excluding hydrogens is 242 g/mol. The Labute approximate surface area is 128 Å². The first kappa shape index (κ1) is 19.5. The third-order valence-electron chi connectivity index (χ3n) is 3.97. The van der Waals surface area contributed by atoms with E-state index in [1.54, 1.807) is 0 Å². The average molecular weight is 280 g/mol. The molecule has 20 heavy (non-hydrogen) atoms. The van der Waals surface area contributed by atoms with Crippen LogP contribution in [-0.4, -0.2) is 24.5 Å². The summed E-state index contributed by atoms with van der Waals surface area (Å²) in [5.41, 5.74) is 0. The Balaban J connectivity index is 3.48. The number of hydrogen-bond donors (Lipinski definition) is 0. The molecule has 0 aliphatic heterocycles. The first-order valence-corrected chi connectivity index (χ1v) is 9.01.